The van der Waals surface area contributed by atoms with Crippen LogP contribution in [0.25, 0.3) is 0 Å². The Balaban J connectivity index is 1.32. The number of ether oxygens (including phenoxy) is 2. The monoisotopic (exact) mass is 502 g/mol. The molecule has 36 heavy (non-hydrogen) atoms. The topological polar surface area (TPSA) is 52.6 Å². The Labute approximate surface area is 221 Å². The van der Waals surface area contributed by atoms with Crippen LogP contribution in [0.2, 0.25) is 0 Å². The first-order chi connectivity index (χ1) is 16.8. The van der Waals surface area contributed by atoms with Crippen LogP contribution in [0.3, 0.4) is 0 Å². The molecule has 0 aliphatic heterocycles. The smallest absolute Gasteiger partial charge is 0.306 e. The summed E-state index contributed by atoms with van der Waals surface area (Å²) in [7, 11) is 0. The third-order valence-corrected chi connectivity index (χ3v) is 11.4. The summed E-state index contributed by atoms with van der Waals surface area (Å²) in [6, 6.07) is 0. The second-order valence-electron chi connectivity index (χ2n) is 14.7. The van der Waals surface area contributed by atoms with Crippen LogP contribution in [-0.2, 0) is 19.1 Å². The van der Waals surface area contributed by atoms with E-state index in [4.69, 9.17) is 9.47 Å². The van der Waals surface area contributed by atoms with Crippen LogP contribution >= 0.6 is 0 Å². The molecule has 0 aromatic carbocycles. The Morgan fingerprint density at radius 3 is 2.31 bits per heavy atom. The molecule has 0 aromatic heterocycles. The van der Waals surface area contributed by atoms with Crippen molar-refractivity contribution in [3.63, 3.8) is 0 Å². The third kappa shape index (κ3) is 5.68. The maximum Gasteiger partial charge on any atom is 0.306 e. The zero-order chi connectivity index (χ0) is 26.3. The lowest BCUT2D eigenvalue weighted by Crippen LogP contribution is -2.54. The molecule has 0 heterocycles. The molecule has 0 bridgehead atoms. The molecule has 0 aromatic rings. The predicted molar refractivity (Wildman–Crippen MR) is 144 cm³/mol. The minimum atomic E-state index is -0.380. The summed E-state index contributed by atoms with van der Waals surface area (Å²) >= 11 is 0. The quantitative estimate of drug-likeness (QED) is 0.260. The molecule has 0 saturated heterocycles. The molecule has 206 valence electrons. The van der Waals surface area contributed by atoms with Crippen LogP contribution in [-0.4, -0.2) is 23.6 Å². The summed E-state index contributed by atoms with van der Waals surface area (Å²) in [5.41, 5.74) is 0.546. The van der Waals surface area contributed by atoms with Gasteiger partial charge in [-0.3, -0.25) is 9.59 Å². The molecule has 4 fully saturated rings. The molecule has 4 heteroatoms. The van der Waals surface area contributed by atoms with E-state index < -0.39 is 0 Å². The fraction of sp³-hybridized carbons (Fsp3) is 0.938. The molecular weight excluding hydrogens is 448 g/mol. The van der Waals surface area contributed by atoms with Crippen LogP contribution in [0.1, 0.15) is 132 Å². The van der Waals surface area contributed by atoms with Gasteiger partial charge in [0.05, 0.1) is 0 Å². The van der Waals surface area contributed by atoms with Crippen molar-refractivity contribution in [2.75, 3.05) is 0 Å². The van der Waals surface area contributed by atoms with Crippen LogP contribution in [0.4, 0.5) is 0 Å². The summed E-state index contributed by atoms with van der Waals surface area (Å²) in [4.78, 5) is 23.6. The first kappa shape index (κ1) is 28.0. The van der Waals surface area contributed by atoms with Crippen molar-refractivity contribution in [1.82, 2.24) is 0 Å². The van der Waals surface area contributed by atoms with E-state index in [0.717, 1.165) is 61.2 Å². The summed E-state index contributed by atoms with van der Waals surface area (Å²) < 4.78 is 11.1. The van der Waals surface area contributed by atoms with Crippen LogP contribution < -0.4 is 0 Å². The second-order valence-corrected chi connectivity index (χ2v) is 14.7. The fourth-order valence-electron chi connectivity index (χ4n) is 9.87. The Bertz CT molecular complexity index is 798. The van der Waals surface area contributed by atoms with Crippen molar-refractivity contribution in [3.05, 3.63) is 0 Å². The molecule has 4 nitrogen and oxygen atoms in total. The molecule has 0 radical (unpaired) electrons. The van der Waals surface area contributed by atoms with E-state index in [1.807, 2.05) is 20.8 Å². The maximum atomic E-state index is 12.1. The van der Waals surface area contributed by atoms with Gasteiger partial charge in [0.2, 0.25) is 0 Å². The van der Waals surface area contributed by atoms with Gasteiger partial charge in [-0.05, 0) is 131 Å². The molecule has 0 amide bonds. The molecule has 9 atom stereocenters. The van der Waals surface area contributed by atoms with Crippen molar-refractivity contribution in [3.8, 4) is 0 Å². The molecule has 0 spiro atoms. The first-order valence-electron chi connectivity index (χ1n) is 15.2. The number of carbonyl (C=O) groups is 2. The fourth-order valence-corrected chi connectivity index (χ4v) is 9.87. The number of rotatable bonds is 7. The molecule has 4 aliphatic rings. The number of carbonyl (C=O) groups excluding carboxylic acids is 2. The third-order valence-electron chi connectivity index (χ3n) is 11.4. The second kappa shape index (κ2) is 10.6. The van der Waals surface area contributed by atoms with Gasteiger partial charge in [-0.15, -0.1) is 0 Å². The highest BCUT2D eigenvalue weighted by Gasteiger charge is 2.60. The number of fused-ring (bicyclic) bond motifs is 5. The van der Waals surface area contributed by atoms with E-state index in [1.54, 1.807) is 6.92 Å². The minimum absolute atomic E-state index is 0.0487. The normalized spacial score (nSPS) is 41.0. The van der Waals surface area contributed by atoms with Crippen molar-refractivity contribution >= 4 is 11.9 Å². The predicted octanol–water partition coefficient (Wildman–Crippen LogP) is 8.12. The number of hydrogen-bond acceptors (Lipinski definition) is 4. The van der Waals surface area contributed by atoms with E-state index >= 15 is 0 Å². The molecule has 4 aliphatic carbocycles. The van der Waals surface area contributed by atoms with Gasteiger partial charge in [-0.25, -0.2) is 0 Å². The Hall–Kier alpha value is -1.06. The van der Waals surface area contributed by atoms with Crippen LogP contribution in [0.15, 0.2) is 0 Å². The van der Waals surface area contributed by atoms with Gasteiger partial charge < -0.3 is 9.47 Å². The lowest BCUT2D eigenvalue weighted by Gasteiger charge is -2.61. The minimum Gasteiger partial charge on any atom is -0.463 e. The van der Waals surface area contributed by atoms with Gasteiger partial charge in [0.25, 0.3) is 0 Å². The molecule has 4 rings (SSSR count). The average Bonchev–Trinajstić information content (AvgIpc) is 3.12. The SMILES string of the molecule is CC(=O)O[C@@H]1CC[C@@]2(C)C(CC[C@H]3[C@@H]4CC[C@H]([C@H](C)CCCCC(=O)OC(C)(C)C)[C@@]4(C)CC[C@@H]32)C1. The highest BCUT2D eigenvalue weighted by molar-refractivity contribution is 5.69. The molecule has 0 N–H and O–H groups in total. The van der Waals surface area contributed by atoms with Gasteiger partial charge in [0.15, 0.2) is 0 Å². The van der Waals surface area contributed by atoms with E-state index in [1.165, 1.54) is 51.4 Å². The van der Waals surface area contributed by atoms with Crippen molar-refractivity contribution in [2.24, 2.45) is 46.3 Å². The highest BCUT2D eigenvalue weighted by atomic mass is 16.6. The lowest BCUT2D eigenvalue weighted by molar-refractivity contribution is -0.160. The molecule has 1 unspecified atom stereocenters. The molecular formula is C32H54O4. The average molecular weight is 503 g/mol. The first-order valence-corrected chi connectivity index (χ1v) is 15.2. The number of esters is 2. The standard InChI is InChI=1S/C32H54O4/c1-21(10-8-9-11-29(34)36-30(3,4)5)26-14-15-27-25-13-12-23-20-24(35-22(2)33)16-18-31(23,6)28(25)17-19-32(26,27)7/h21,23-28H,8-20H2,1-7H3/t21-,23?,24-,25+,26-,27+,28+,31+,32-/m1/s1. The van der Waals surface area contributed by atoms with Gasteiger partial charge in [-0.2, -0.15) is 0 Å². The highest BCUT2D eigenvalue weighted by Crippen LogP contribution is 2.68. The Morgan fingerprint density at radius 1 is 0.917 bits per heavy atom. The van der Waals surface area contributed by atoms with Crippen molar-refractivity contribution in [2.45, 2.75) is 144 Å². The van der Waals surface area contributed by atoms with Crippen LogP contribution in [0.5, 0.6) is 0 Å². The largest absolute Gasteiger partial charge is 0.463 e. The van der Waals surface area contributed by atoms with Gasteiger partial charge >= 0.3 is 11.9 Å². The summed E-state index contributed by atoms with van der Waals surface area (Å²) in [6.45, 7) is 15.1. The molecule has 4 saturated carbocycles. The van der Waals surface area contributed by atoms with E-state index in [-0.39, 0.29) is 23.6 Å². The van der Waals surface area contributed by atoms with Gasteiger partial charge in [-0.1, -0.05) is 33.6 Å². The summed E-state index contributed by atoms with van der Waals surface area (Å²) in [5, 5.41) is 0. The van der Waals surface area contributed by atoms with E-state index in [9.17, 15) is 9.59 Å². The lowest BCUT2D eigenvalue weighted by atomic mass is 9.44. The van der Waals surface area contributed by atoms with Crippen molar-refractivity contribution in [1.29, 1.82) is 0 Å². The zero-order valence-corrected chi connectivity index (χ0v) is 24.4. The van der Waals surface area contributed by atoms with Crippen molar-refractivity contribution < 1.29 is 19.1 Å². The Kier molecular flexibility index (Phi) is 8.23. The van der Waals surface area contributed by atoms with E-state index in [2.05, 4.69) is 20.8 Å². The summed E-state index contributed by atoms with van der Waals surface area (Å²) in [5.74, 6) is 4.76. The van der Waals surface area contributed by atoms with Crippen LogP contribution in [0, 0.1) is 46.3 Å². The summed E-state index contributed by atoms with van der Waals surface area (Å²) in [6.07, 6.45) is 15.7. The van der Waals surface area contributed by atoms with Gasteiger partial charge in [0, 0.05) is 13.3 Å². The zero-order valence-electron chi connectivity index (χ0n) is 24.4. The van der Waals surface area contributed by atoms with E-state index in [0.29, 0.717) is 17.3 Å². The maximum absolute atomic E-state index is 12.1. The van der Waals surface area contributed by atoms with Gasteiger partial charge in [0.1, 0.15) is 11.7 Å². The number of unbranched alkanes of at least 4 members (excludes halogenated alkanes) is 1. The Morgan fingerprint density at radius 2 is 1.61 bits per heavy atom. The number of hydrogen-bond donors (Lipinski definition) is 0.